The van der Waals surface area contributed by atoms with Gasteiger partial charge >= 0.3 is 0 Å². The Morgan fingerprint density at radius 3 is 2.29 bits per heavy atom. The molecular formula is C17H15N5OS. The minimum Gasteiger partial charge on any atom is -0.339 e. The van der Waals surface area contributed by atoms with E-state index in [1.165, 1.54) is 32.8 Å². The molecule has 0 N–H and O–H groups in total. The van der Waals surface area contributed by atoms with E-state index in [1.54, 1.807) is 11.8 Å². The minimum atomic E-state index is -0.176. The van der Waals surface area contributed by atoms with E-state index < -0.39 is 0 Å². The Morgan fingerprint density at radius 1 is 1.04 bits per heavy atom. The summed E-state index contributed by atoms with van der Waals surface area (Å²) < 4.78 is 1.26. The number of aromatic nitrogens is 4. The number of carbonyl (C=O) groups excluding carboxylic acids is 1. The largest absolute Gasteiger partial charge is 0.339 e. The van der Waals surface area contributed by atoms with Crippen molar-refractivity contribution in [2.75, 3.05) is 11.4 Å². The molecule has 0 amide bonds. The van der Waals surface area contributed by atoms with E-state index in [4.69, 9.17) is 0 Å². The summed E-state index contributed by atoms with van der Waals surface area (Å²) >= 11 is 1.78. The van der Waals surface area contributed by atoms with Gasteiger partial charge in [0.25, 0.3) is 0 Å². The van der Waals surface area contributed by atoms with Crippen molar-refractivity contribution >= 4 is 29.0 Å². The van der Waals surface area contributed by atoms with Gasteiger partial charge in [0, 0.05) is 29.7 Å². The van der Waals surface area contributed by atoms with Crippen LogP contribution in [0.3, 0.4) is 0 Å². The summed E-state index contributed by atoms with van der Waals surface area (Å²) in [5, 5.41) is 11.3. The number of fused-ring (bicyclic) bond motifs is 2. The lowest BCUT2D eigenvalue weighted by molar-refractivity contribution is 0.0915. The summed E-state index contributed by atoms with van der Waals surface area (Å²) in [6.07, 6.45) is 0.583. The quantitative estimate of drug-likeness (QED) is 0.684. The second-order valence-electron chi connectivity index (χ2n) is 5.47. The summed E-state index contributed by atoms with van der Waals surface area (Å²) in [6.45, 7) is 2.16. The van der Waals surface area contributed by atoms with E-state index >= 15 is 0 Å². The summed E-state index contributed by atoms with van der Waals surface area (Å²) in [5.74, 6) is 0.403. The number of para-hydroxylation sites is 2. The van der Waals surface area contributed by atoms with Gasteiger partial charge in [0.1, 0.15) is 0 Å². The highest BCUT2D eigenvalue weighted by molar-refractivity contribution is 7.99. The number of benzene rings is 2. The molecule has 1 aliphatic rings. The summed E-state index contributed by atoms with van der Waals surface area (Å²) in [4.78, 5) is 16.3. The van der Waals surface area contributed by atoms with Gasteiger partial charge in [-0.2, -0.15) is 4.68 Å². The second kappa shape index (κ2) is 6.09. The third-order valence-electron chi connectivity index (χ3n) is 3.92. The van der Waals surface area contributed by atoms with Gasteiger partial charge in [0.2, 0.25) is 5.91 Å². The maximum Gasteiger partial charge on any atom is 0.246 e. The highest BCUT2D eigenvalue weighted by Crippen LogP contribution is 2.47. The van der Waals surface area contributed by atoms with Crippen LogP contribution in [0.2, 0.25) is 0 Å². The Bertz CT molecular complexity index is 862. The van der Waals surface area contributed by atoms with Gasteiger partial charge in [-0.05, 0) is 34.7 Å². The van der Waals surface area contributed by atoms with Crippen LogP contribution in [-0.2, 0) is 6.42 Å². The third-order valence-corrected chi connectivity index (χ3v) is 5.05. The van der Waals surface area contributed by atoms with Crippen LogP contribution in [0.15, 0.2) is 58.3 Å². The van der Waals surface area contributed by atoms with Crippen LogP contribution in [-0.4, -0.2) is 32.7 Å². The lowest BCUT2D eigenvalue weighted by Gasteiger charge is -2.32. The van der Waals surface area contributed by atoms with Gasteiger partial charge < -0.3 is 4.90 Å². The van der Waals surface area contributed by atoms with Crippen LogP contribution in [0.25, 0.3) is 0 Å². The maximum atomic E-state index is 11.6. The number of tetrazole rings is 1. The molecule has 0 saturated heterocycles. The molecule has 0 fully saturated rings. The molecule has 4 rings (SSSR count). The second-order valence-corrected chi connectivity index (χ2v) is 6.55. The maximum absolute atomic E-state index is 11.6. The lowest BCUT2D eigenvalue weighted by Crippen LogP contribution is -2.25. The zero-order valence-corrected chi connectivity index (χ0v) is 13.9. The first-order valence-electron chi connectivity index (χ1n) is 7.65. The smallest absolute Gasteiger partial charge is 0.246 e. The topological polar surface area (TPSA) is 63.9 Å². The fourth-order valence-electron chi connectivity index (χ4n) is 2.84. The first kappa shape index (κ1) is 14.9. The summed E-state index contributed by atoms with van der Waals surface area (Å²) in [6, 6.07) is 16.7. The number of hydrogen-bond donors (Lipinski definition) is 0. The van der Waals surface area contributed by atoms with Crippen molar-refractivity contribution in [3.05, 3.63) is 54.4 Å². The molecule has 1 aromatic heterocycles. The van der Waals surface area contributed by atoms with Crippen LogP contribution >= 0.6 is 11.8 Å². The summed E-state index contributed by atoms with van der Waals surface area (Å²) in [5.41, 5.74) is 2.34. The monoisotopic (exact) mass is 337 g/mol. The molecule has 0 bridgehead atoms. The van der Waals surface area contributed by atoms with Gasteiger partial charge in [-0.15, -0.1) is 5.10 Å². The van der Waals surface area contributed by atoms with Crippen LogP contribution in [0, 0.1) is 0 Å². The van der Waals surface area contributed by atoms with Gasteiger partial charge in [0.15, 0.2) is 5.82 Å². The van der Waals surface area contributed by atoms with Crippen LogP contribution < -0.4 is 4.90 Å². The van der Waals surface area contributed by atoms with Gasteiger partial charge in [-0.1, -0.05) is 36.0 Å². The predicted octanol–water partition coefficient (Wildman–Crippen LogP) is 3.18. The predicted molar refractivity (Wildman–Crippen MR) is 91.8 cm³/mol. The molecule has 0 saturated carbocycles. The Hall–Kier alpha value is -2.67. The van der Waals surface area contributed by atoms with Crippen molar-refractivity contribution in [2.45, 2.75) is 23.1 Å². The molecule has 0 spiro atoms. The summed E-state index contributed by atoms with van der Waals surface area (Å²) in [7, 11) is 0. The molecule has 0 atom stereocenters. The normalized spacial score (nSPS) is 12.6. The van der Waals surface area contributed by atoms with Crippen molar-refractivity contribution in [3.8, 4) is 0 Å². The van der Waals surface area contributed by atoms with Crippen molar-refractivity contribution in [1.29, 1.82) is 0 Å². The molecule has 2 heterocycles. The number of carbonyl (C=O) groups is 1. The fourth-order valence-corrected chi connectivity index (χ4v) is 3.94. The van der Waals surface area contributed by atoms with Gasteiger partial charge in [-0.25, -0.2) is 0 Å². The molecular weight excluding hydrogens is 322 g/mol. The molecule has 24 heavy (non-hydrogen) atoms. The molecule has 3 aromatic rings. The van der Waals surface area contributed by atoms with Crippen molar-refractivity contribution < 1.29 is 4.79 Å². The van der Waals surface area contributed by atoms with E-state index in [-0.39, 0.29) is 5.91 Å². The zero-order valence-electron chi connectivity index (χ0n) is 13.1. The van der Waals surface area contributed by atoms with Crippen LogP contribution in [0.4, 0.5) is 11.4 Å². The van der Waals surface area contributed by atoms with Crippen LogP contribution in [0.5, 0.6) is 0 Å². The first-order valence-corrected chi connectivity index (χ1v) is 8.47. The van der Waals surface area contributed by atoms with Gasteiger partial charge in [-0.3, -0.25) is 4.79 Å². The number of anilines is 2. The van der Waals surface area contributed by atoms with E-state index in [9.17, 15) is 4.79 Å². The Labute approximate surface area is 143 Å². The number of nitrogens with zero attached hydrogens (tertiary/aromatic N) is 5. The molecule has 120 valence electrons. The highest BCUT2D eigenvalue weighted by atomic mass is 32.2. The molecule has 6 nitrogen and oxygen atoms in total. The molecule has 2 aromatic carbocycles. The third kappa shape index (κ3) is 2.56. The average molecular weight is 337 g/mol. The Kier molecular flexibility index (Phi) is 3.78. The molecule has 0 aliphatic carbocycles. The highest BCUT2D eigenvalue weighted by Gasteiger charge is 2.23. The molecule has 0 radical (unpaired) electrons. The van der Waals surface area contributed by atoms with Crippen molar-refractivity contribution in [2.24, 2.45) is 0 Å². The van der Waals surface area contributed by atoms with Crippen molar-refractivity contribution in [3.63, 3.8) is 0 Å². The van der Waals surface area contributed by atoms with E-state index in [0.717, 1.165) is 0 Å². The van der Waals surface area contributed by atoms with Crippen LogP contribution in [0.1, 0.15) is 17.5 Å². The van der Waals surface area contributed by atoms with Crippen molar-refractivity contribution in [1.82, 2.24) is 20.2 Å². The Balaban J connectivity index is 1.67. The first-order chi connectivity index (χ1) is 11.7. The zero-order chi connectivity index (χ0) is 16.5. The fraction of sp³-hybridized carbons (Fsp3) is 0.176. The van der Waals surface area contributed by atoms with E-state index in [2.05, 4.69) is 44.7 Å². The Morgan fingerprint density at radius 2 is 1.67 bits per heavy atom. The average Bonchev–Trinajstić information content (AvgIpc) is 3.07. The van der Waals surface area contributed by atoms with Gasteiger partial charge in [0.05, 0.1) is 11.4 Å². The number of hydrogen-bond acceptors (Lipinski definition) is 6. The molecule has 0 unspecified atom stereocenters. The molecule has 7 heteroatoms. The van der Waals surface area contributed by atoms with E-state index in [1.807, 2.05) is 24.3 Å². The lowest BCUT2D eigenvalue weighted by atomic mass is 10.2. The van der Waals surface area contributed by atoms with E-state index in [0.29, 0.717) is 18.8 Å². The standard InChI is InChI=1S/C17H15N5OS/c1-12(23)22-17(18-19-20-22)10-11-21-13-6-2-4-8-15(13)24-16-9-5-3-7-14(16)21/h2-9H,10-11H2,1H3. The molecule has 1 aliphatic heterocycles. The minimum absolute atomic E-state index is 0.176. The SMILES string of the molecule is CC(=O)n1nnnc1CCN1c2ccccc2Sc2ccccc21. The number of rotatable bonds is 3.